The molecular formula is C15H19ClN4O3S. The highest BCUT2D eigenvalue weighted by Crippen LogP contribution is 2.17. The number of amides is 2. The lowest BCUT2D eigenvalue weighted by molar-refractivity contribution is -0.114. The van der Waals surface area contributed by atoms with Gasteiger partial charge < -0.3 is 10.1 Å². The second-order valence-corrected chi connectivity index (χ2v) is 5.72. The number of nitrogens with two attached hydrogens (primary N) is 1. The molecule has 0 aliphatic heterocycles. The zero-order valence-corrected chi connectivity index (χ0v) is 14.7. The molecular weight excluding hydrogens is 352 g/mol. The number of anilines is 1. The lowest BCUT2D eigenvalue weighted by Crippen LogP contribution is -2.30. The van der Waals surface area contributed by atoms with Crippen LogP contribution in [0.2, 0.25) is 0 Å². The number of hydrogen-bond donors (Lipinski definition) is 3. The Kier molecular flexibility index (Phi) is 8.17. The summed E-state index contributed by atoms with van der Waals surface area (Å²) in [6.07, 6.45) is 0.910. The highest BCUT2D eigenvalue weighted by Gasteiger charge is 2.05. The van der Waals surface area contributed by atoms with Crippen LogP contribution in [0.25, 0.3) is 0 Å². The van der Waals surface area contributed by atoms with Crippen molar-refractivity contribution in [3.63, 3.8) is 0 Å². The topological polar surface area (TPSA) is 106 Å². The van der Waals surface area contributed by atoms with Gasteiger partial charge in [0.25, 0.3) is 0 Å². The van der Waals surface area contributed by atoms with Crippen LogP contribution in [0.15, 0.2) is 29.6 Å². The Bertz CT molecular complexity index is 693. The number of hydrazine groups is 1. The van der Waals surface area contributed by atoms with Gasteiger partial charge in [-0.15, -0.1) is 23.7 Å². The molecule has 0 aliphatic rings. The molecule has 7 nitrogen and oxygen atoms in total. The largest absolute Gasteiger partial charge is 0.444 e. The predicted molar refractivity (Wildman–Crippen MR) is 95.0 cm³/mol. The van der Waals surface area contributed by atoms with E-state index >= 15 is 0 Å². The van der Waals surface area contributed by atoms with Gasteiger partial charge in [-0.25, -0.2) is 15.6 Å². The quantitative estimate of drug-likeness (QED) is 0.411. The molecule has 2 rings (SSSR count). The third-order valence-corrected chi connectivity index (χ3v) is 3.79. The monoisotopic (exact) mass is 370 g/mol. The van der Waals surface area contributed by atoms with Gasteiger partial charge in [0, 0.05) is 12.3 Å². The number of nitrogens with zero attached hydrogens (tertiary/aromatic N) is 1. The molecule has 0 saturated heterocycles. The summed E-state index contributed by atoms with van der Waals surface area (Å²) in [5.74, 6) is 4.83. The van der Waals surface area contributed by atoms with Crippen LogP contribution in [0.3, 0.4) is 0 Å². The molecule has 130 valence electrons. The van der Waals surface area contributed by atoms with E-state index in [1.165, 1.54) is 18.3 Å². The zero-order valence-electron chi connectivity index (χ0n) is 13.1. The van der Waals surface area contributed by atoms with E-state index in [-0.39, 0.29) is 24.9 Å². The number of aromatic nitrogens is 1. The summed E-state index contributed by atoms with van der Waals surface area (Å²) in [7, 11) is 0. The van der Waals surface area contributed by atoms with Crippen LogP contribution >= 0.6 is 23.7 Å². The van der Waals surface area contributed by atoms with Crippen molar-refractivity contribution >= 4 is 40.9 Å². The summed E-state index contributed by atoms with van der Waals surface area (Å²) >= 11 is 1.41. The molecule has 2 aromatic rings. The van der Waals surface area contributed by atoms with E-state index in [1.54, 1.807) is 0 Å². The maximum atomic E-state index is 11.0. The Balaban J connectivity index is 0.00000288. The van der Waals surface area contributed by atoms with Gasteiger partial charge in [-0.1, -0.05) is 24.3 Å². The summed E-state index contributed by atoms with van der Waals surface area (Å²) in [6.45, 7) is 1.62. The highest BCUT2D eigenvalue weighted by molar-refractivity contribution is 7.13. The van der Waals surface area contributed by atoms with Crippen LogP contribution < -0.4 is 16.6 Å². The number of ether oxygens (including phenoxy) is 1. The second kappa shape index (κ2) is 9.86. The van der Waals surface area contributed by atoms with Gasteiger partial charge in [0.15, 0.2) is 5.13 Å². The standard InChI is InChI=1S/C15H18N4O3S.ClH/c1-10(20)17-14-18-13(9-23-14)6-5-11-3-2-4-12(7-11)8-22-15(21)19-16;/h2-4,7,9H,5-6,8,16H2,1H3,(H,19,21)(H,17,18,20);1H. The number of nitrogens with one attached hydrogen (secondary N) is 2. The number of carbonyl (C=O) groups is 2. The first kappa shape index (κ1) is 19.9. The maximum absolute atomic E-state index is 11.0. The van der Waals surface area contributed by atoms with E-state index in [9.17, 15) is 9.59 Å². The van der Waals surface area contributed by atoms with Crippen molar-refractivity contribution in [2.45, 2.75) is 26.4 Å². The average Bonchev–Trinajstić information content (AvgIpc) is 2.97. The normalized spacial score (nSPS) is 9.75. The summed E-state index contributed by atoms with van der Waals surface area (Å²) in [5, 5.41) is 5.22. The number of aryl methyl sites for hydroxylation is 2. The first-order valence-electron chi connectivity index (χ1n) is 7.00. The minimum Gasteiger partial charge on any atom is -0.444 e. The first-order valence-corrected chi connectivity index (χ1v) is 7.88. The molecule has 0 aliphatic carbocycles. The van der Waals surface area contributed by atoms with Crippen molar-refractivity contribution in [1.82, 2.24) is 10.4 Å². The Morgan fingerprint density at radius 3 is 2.75 bits per heavy atom. The molecule has 0 spiro atoms. The molecule has 9 heteroatoms. The molecule has 0 radical (unpaired) electrons. The van der Waals surface area contributed by atoms with Crippen molar-refractivity contribution in [2.75, 3.05) is 5.32 Å². The smallest absolute Gasteiger partial charge is 0.421 e. The molecule has 24 heavy (non-hydrogen) atoms. The molecule has 1 aromatic carbocycles. The van der Waals surface area contributed by atoms with E-state index in [1.807, 2.05) is 35.1 Å². The first-order chi connectivity index (χ1) is 11.1. The van der Waals surface area contributed by atoms with Gasteiger partial charge in [-0.3, -0.25) is 10.2 Å². The van der Waals surface area contributed by atoms with E-state index < -0.39 is 6.09 Å². The maximum Gasteiger partial charge on any atom is 0.421 e. The van der Waals surface area contributed by atoms with E-state index in [2.05, 4.69) is 10.3 Å². The molecule has 2 amide bonds. The third-order valence-electron chi connectivity index (χ3n) is 2.98. The average molecular weight is 371 g/mol. The van der Waals surface area contributed by atoms with Gasteiger partial charge in [0.1, 0.15) is 6.61 Å². The molecule has 0 saturated carbocycles. The van der Waals surface area contributed by atoms with Gasteiger partial charge in [0.2, 0.25) is 5.91 Å². The minimum atomic E-state index is -0.664. The van der Waals surface area contributed by atoms with Crippen LogP contribution in [0, 0.1) is 0 Å². The van der Waals surface area contributed by atoms with Crippen molar-refractivity contribution in [3.05, 3.63) is 46.5 Å². The molecule has 0 bridgehead atoms. The number of halogens is 1. The van der Waals surface area contributed by atoms with Crippen molar-refractivity contribution in [2.24, 2.45) is 5.84 Å². The number of thiazole rings is 1. The summed E-state index contributed by atoms with van der Waals surface area (Å²) in [4.78, 5) is 26.3. The second-order valence-electron chi connectivity index (χ2n) is 4.87. The van der Waals surface area contributed by atoms with E-state index in [0.29, 0.717) is 5.13 Å². The fourth-order valence-corrected chi connectivity index (χ4v) is 2.76. The molecule has 0 unspecified atom stereocenters. The Morgan fingerprint density at radius 1 is 1.29 bits per heavy atom. The molecule has 1 heterocycles. The number of hydrogen-bond acceptors (Lipinski definition) is 6. The van der Waals surface area contributed by atoms with Crippen LogP contribution in [0.4, 0.5) is 9.93 Å². The van der Waals surface area contributed by atoms with Gasteiger partial charge in [-0.2, -0.15) is 0 Å². The molecule has 0 fully saturated rings. The van der Waals surface area contributed by atoms with Crippen LogP contribution in [0.1, 0.15) is 23.7 Å². The molecule has 4 N–H and O–H groups in total. The van der Waals surface area contributed by atoms with Crippen LogP contribution in [0.5, 0.6) is 0 Å². The van der Waals surface area contributed by atoms with Gasteiger partial charge >= 0.3 is 6.09 Å². The number of carbonyl (C=O) groups excluding carboxylic acids is 2. The Morgan fingerprint density at radius 2 is 2.04 bits per heavy atom. The number of rotatable bonds is 6. The SMILES string of the molecule is CC(=O)Nc1nc(CCc2cccc(COC(=O)NN)c2)cs1.Cl. The van der Waals surface area contributed by atoms with Crippen molar-refractivity contribution in [1.29, 1.82) is 0 Å². The fraction of sp³-hybridized carbons (Fsp3) is 0.267. The Hall–Kier alpha value is -2.16. The van der Waals surface area contributed by atoms with Gasteiger partial charge in [-0.05, 0) is 24.0 Å². The highest BCUT2D eigenvalue weighted by atomic mass is 35.5. The fourth-order valence-electron chi connectivity index (χ4n) is 1.97. The third kappa shape index (κ3) is 6.53. The van der Waals surface area contributed by atoms with E-state index in [0.717, 1.165) is 29.7 Å². The summed E-state index contributed by atoms with van der Waals surface area (Å²) < 4.78 is 4.91. The van der Waals surface area contributed by atoms with Gasteiger partial charge in [0.05, 0.1) is 5.69 Å². The lowest BCUT2D eigenvalue weighted by Gasteiger charge is -2.06. The summed E-state index contributed by atoms with van der Waals surface area (Å²) in [6, 6.07) is 7.78. The minimum absolute atomic E-state index is 0. The van der Waals surface area contributed by atoms with Crippen molar-refractivity contribution < 1.29 is 14.3 Å². The zero-order chi connectivity index (χ0) is 16.7. The predicted octanol–water partition coefficient (Wildman–Crippen LogP) is 2.41. The van der Waals surface area contributed by atoms with Crippen LogP contribution in [-0.2, 0) is 29.0 Å². The Labute approximate surface area is 150 Å². The van der Waals surface area contributed by atoms with Crippen molar-refractivity contribution in [3.8, 4) is 0 Å². The summed E-state index contributed by atoms with van der Waals surface area (Å²) in [5.41, 5.74) is 4.86. The lowest BCUT2D eigenvalue weighted by atomic mass is 10.1. The van der Waals surface area contributed by atoms with E-state index in [4.69, 9.17) is 10.6 Å². The van der Waals surface area contributed by atoms with Crippen LogP contribution in [-0.4, -0.2) is 17.0 Å². The molecule has 1 aromatic heterocycles. The number of benzene rings is 1. The molecule has 0 atom stereocenters.